The Balaban J connectivity index is 1.86. The predicted octanol–water partition coefficient (Wildman–Crippen LogP) is 4.25. The normalized spacial score (nSPS) is 10.5. The third-order valence-electron chi connectivity index (χ3n) is 3.55. The Kier molecular flexibility index (Phi) is 6.49. The van der Waals surface area contributed by atoms with Gasteiger partial charge in [0.05, 0.1) is 26.1 Å². The van der Waals surface area contributed by atoms with Crippen LogP contribution in [-0.2, 0) is 0 Å². The van der Waals surface area contributed by atoms with Crippen molar-refractivity contribution in [2.24, 2.45) is 0 Å². The molecular weight excluding hydrogens is 382 g/mol. The maximum absolute atomic E-state index is 12.7. The molecule has 0 atom stereocenters. The SMILES string of the molecule is CCOc1cc(C(=O)Nc2nnc(-c3ccco3)s2)cc(OCC)c1OCC. The number of hydrogen-bond acceptors (Lipinski definition) is 8. The molecule has 0 radical (unpaired) electrons. The molecule has 2 aromatic heterocycles. The molecule has 0 fully saturated rings. The Bertz CT molecular complexity index is 897. The third kappa shape index (κ3) is 4.42. The highest BCUT2D eigenvalue weighted by molar-refractivity contribution is 7.18. The molecule has 0 aliphatic heterocycles. The Morgan fingerprint density at radius 3 is 2.32 bits per heavy atom. The predicted molar refractivity (Wildman–Crippen MR) is 106 cm³/mol. The maximum Gasteiger partial charge on any atom is 0.257 e. The molecule has 148 valence electrons. The van der Waals surface area contributed by atoms with Crippen molar-refractivity contribution in [1.82, 2.24) is 10.2 Å². The average molecular weight is 403 g/mol. The number of carbonyl (C=O) groups excluding carboxylic acids is 1. The fourth-order valence-corrected chi connectivity index (χ4v) is 3.17. The van der Waals surface area contributed by atoms with Gasteiger partial charge in [-0.15, -0.1) is 10.2 Å². The second-order valence-electron chi connectivity index (χ2n) is 5.44. The van der Waals surface area contributed by atoms with Crippen LogP contribution in [0.25, 0.3) is 10.8 Å². The molecule has 0 bridgehead atoms. The van der Waals surface area contributed by atoms with Gasteiger partial charge in [0, 0.05) is 5.56 Å². The summed E-state index contributed by atoms with van der Waals surface area (Å²) in [6, 6.07) is 6.79. The highest BCUT2D eigenvalue weighted by atomic mass is 32.1. The number of carbonyl (C=O) groups is 1. The summed E-state index contributed by atoms with van der Waals surface area (Å²) in [5.74, 6) is 1.63. The van der Waals surface area contributed by atoms with E-state index in [1.807, 2.05) is 20.8 Å². The van der Waals surface area contributed by atoms with Crippen LogP contribution in [0.1, 0.15) is 31.1 Å². The van der Waals surface area contributed by atoms with E-state index in [1.54, 1.807) is 30.5 Å². The van der Waals surface area contributed by atoms with Gasteiger partial charge in [0.25, 0.3) is 5.91 Å². The number of ether oxygens (including phenoxy) is 3. The first kappa shape index (κ1) is 19.7. The van der Waals surface area contributed by atoms with E-state index in [9.17, 15) is 4.79 Å². The number of nitrogens with zero attached hydrogens (tertiary/aromatic N) is 2. The summed E-state index contributed by atoms with van der Waals surface area (Å²) in [5.41, 5.74) is 0.366. The summed E-state index contributed by atoms with van der Waals surface area (Å²) in [7, 11) is 0. The smallest absolute Gasteiger partial charge is 0.257 e. The maximum atomic E-state index is 12.7. The molecule has 3 aromatic rings. The summed E-state index contributed by atoms with van der Waals surface area (Å²) in [5, 5.41) is 11.7. The Morgan fingerprint density at radius 2 is 1.75 bits per heavy atom. The number of hydrogen-bond donors (Lipinski definition) is 1. The fraction of sp³-hybridized carbons (Fsp3) is 0.316. The lowest BCUT2D eigenvalue weighted by Crippen LogP contribution is -2.13. The molecule has 9 heteroatoms. The number of benzene rings is 1. The fourth-order valence-electron chi connectivity index (χ4n) is 2.46. The van der Waals surface area contributed by atoms with Crippen molar-refractivity contribution in [2.75, 3.05) is 25.1 Å². The molecule has 1 aromatic carbocycles. The summed E-state index contributed by atoms with van der Waals surface area (Å²) in [4.78, 5) is 12.7. The molecule has 0 unspecified atom stereocenters. The number of nitrogens with one attached hydrogen (secondary N) is 1. The topological polar surface area (TPSA) is 95.7 Å². The first-order chi connectivity index (χ1) is 13.7. The number of amides is 1. The first-order valence-corrected chi connectivity index (χ1v) is 9.73. The van der Waals surface area contributed by atoms with Gasteiger partial charge in [0.1, 0.15) is 0 Å². The minimum Gasteiger partial charge on any atom is -0.490 e. The Morgan fingerprint density at radius 1 is 1.07 bits per heavy atom. The third-order valence-corrected chi connectivity index (χ3v) is 4.40. The average Bonchev–Trinajstić information content (AvgIpc) is 3.36. The molecule has 0 saturated heterocycles. The van der Waals surface area contributed by atoms with Crippen molar-refractivity contribution < 1.29 is 23.4 Å². The number of anilines is 1. The van der Waals surface area contributed by atoms with Crippen molar-refractivity contribution in [3.63, 3.8) is 0 Å². The lowest BCUT2D eigenvalue weighted by molar-refractivity contribution is 0.102. The minimum atomic E-state index is -0.355. The zero-order chi connectivity index (χ0) is 19.9. The van der Waals surface area contributed by atoms with Gasteiger partial charge in [-0.25, -0.2) is 0 Å². The Hall–Kier alpha value is -3.07. The highest BCUT2D eigenvalue weighted by Crippen LogP contribution is 2.39. The van der Waals surface area contributed by atoms with Crippen molar-refractivity contribution in [3.05, 3.63) is 36.1 Å². The molecule has 0 spiro atoms. The molecule has 8 nitrogen and oxygen atoms in total. The van der Waals surface area contributed by atoms with E-state index in [0.717, 1.165) is 0 Å². The molecule has 0 saturated carbocycles. The van der Waals surface area contributed by atoms with Crippen LogP contribution in [0.3, 0.4) is 0 Å². The summed E-state index contributed by atoms with van der Waals surface area (Å²) in [6.07, 6.45) is 1.55. The van der Waals surface area contributed by atoms with Crippen LogP contribution >= 0.6 is 11.3 Å². The van der Waals surface area contributed by atoms with E-state index in [-0.39, 0.29) is 5.91 Å². The lowest BCUT2D eigenvalue weighted by atomic mass is 10.1. The van der Waals surface area contributed by atoms with Crippen molar-refractivity contribution >= 4 is 22.4 Å². The molecule has 1 amide bonds. The quantitative estimate of drug-likeness (QED) is 0.571. The zero-order valence-electron chi connectivity index (χ0n) is 15.9. The molecule has 0 aliphatic carbocycles. The first-order valence-electron chi connectivity index (χ1n) is 8.91. The Labute approximate surface area is 166 Å². The van der Waals surface area contributed by atoms with Gasteiger partial charge in [-0.3, -0.25) is 10.1 Å². The van der Waals surface area contributed by atoms with Gasteiger partial charge in [-0.05, 0) is 45.0 Å². The van der Waals surface area contributed by atoms with E-state index in [2.05, 4.69) is 15.5 Å². The van der Waals surface area contributed by atoms with Gasteiger partial charge in [0.2, 0.25) is 10.9 Å². The van der Waals surface area contributed by atoms with Gasteiger partial charge < -0.3 is 18.6 Å². The molecule has 1 N–H and O–H groups in total. The van der Waals surface area contributed by atoms with Gasteiger partial charge >= 0.3 is 0 Å². The largest absolute Gasteiger partial charge is 0.490 e. The zero-order valence-corrected chi connectivity index (χ0v) is 16.7. The van der Waals surface area contributed by atoms with Crippen LogP contribution in [-0.4, -0.2) is 35.9 Å². The van der Waals surface area contributed by atoms with E-state index < -0.39 is 0 Å². The number of rotatable bonds is 9. The van der Waals surface area contributed by atoms with Crippen molar-refractivity contribution in [2.45, 2.75) is 20.8 Å². The van der Waals surface area contributed by atoms with Crippen molar-refractivity contribution in [1.29, 1.82) is 0 Å². The van der Waals surface area contributed by atoms with E-state index in [1.165, 1.54) is 11.3 Å². The number of furan rings is 1. The second kappa shape index (κ2) is 9.23. The molecular formula is C19H21N3O5S. The molecule has 28 heavy (non-hydrogen) atoms. The lowest BCUT2D eigenvalue weighted by Gasteiger charge is -2.16. The number of aromatic nitrogens is 2. The molecule has 2 heterocycles. The van der Waals surface area contributed by atoms with E-state index in [0.29, 0.717) is 58.5 Å². The molecule has 3 rings (SSSR count). The highest BCUT2D eigenvalue weighted by Gasteiger charge is 2.19. The minimum absolute atomic E-state index is 0.355. The van der Waals surface area contributed by atoms with E-state index in [4.69, 9.17) is 18.6 Å². The van der Waals surface area contributed by atoms with Gasteiger partial charge in [0.15, 0.2) is 22.3 Å². The van der Waals surface area contributed by atoms with Gasteiger partial charge in [-0.1, -0.05) is 11.3 Å². The second-order valence-corrected chi connectivity index (χ2v) is 6.42. The molecule has 0 aliphatic rings. The van der Waals surface area contributed by atoms with Crippen LogP contribution in [0.15, 0.2) is 34.9 Å². The summed E-state index contributed by atoms with van der Waals surface area (Å²) < 4.78 is 22.2. The standard InChI is InChI=1S/C19H21N3O5S/c1-4-24-14-10-12(11-15(25-5-2)16(14)26-6-3)17(23)20-19-22-21-18(28-19)13-8-7-9-27-13/h7-11H,4-6H2,1-3H3,(H,20,22,23). The summed E-state index contributed by atoms with van der Waals surface area (Å²) in [6.45, 7) is 6.91. The van der Waals surface area contributed by atoms with Gasteiger partial charge in [-0.2, -0.15) is 0 Å². The van der Waals surface area contributed by atoms with Crippen molar-refractivity contribution in [3.8, 4) is 28.0 Å². The van der Waals surface area contributed by atoms with Crippen LogP contribution in [0.5, 0.6) is 17.2 Å². The monoisotopic (exact) mass is 403 g/mol. The van der Waals surface area contributed by atoms with Crippen LogP contribution in [0.2, 0.25) is 0 Å². The van der Waals surface area contributed by atoms with E-state index >= 15 is 0 Å². The summed E-state index contributed by atoms with van der Waals surface area (Å²) >= 11 is 1.22. The van der Waals surface area contributed by atoms with Crippen LogP contribution in [0, 0.1) is 0 Å². The van der Waals surface area contributed by atoms with Crippen LogP contribution in [0.4, 0.5) is 5.13 Å². The van der Waals surface area contributed by atoms with Crippen LogP contribution < -0.4 is 19.5 Å².